The van der Waals surface area contributed by atoms with E-state index in [0.717, 1.165) is 25.1 Å². The van der Waals surface area contributed by atoms with E-state index < -0.39 is 16.3 Å². The monoisotopic (exact) mass is 317 g/mol. The van der Waals surface area contributed by atoms with E-state index in [4.69, 9.17) is 0 Å². The topological polar surface area (TPSA) is 29.1 Å². The van der Waals surface area contributed by atoms with Gasteiger partial charge < -0.3 is 5.32 Å². The van der Waals surface area contributed by atoms with Gasteiger partial charge in [0.15, 0.2) is 10.8 Å². The summed E-state index contributed by atoms with van der Waals surface area (Å²) < 4.78 is 48.4. The van der Waals surface area contributed by atoms with E-state index in [1.54, 1.807) is 12.1 Å². The third-order valence-electron chi connectivity index (χ3n) is 4.68. The molecule has 1 aliphatic carbocycles. The summed E-state index contributed by atoms with van der Waals surface area (Å²) in [5.41, 5.74) is -3.16. The van der Waals surface area contributed by atoms with Gasteiger partial charge in [0.1, 0.15) is 0 Å². The molecule has 21 heavy (non-hydrogen) atoms. The van der Waals surface area contributed by atoms with Crippen LogP contribution in [0.5, 0.6) is 0 Å². The van der Waals surface area contributed by atoms with Gasteiger partial charge in [-0.1, -0.05) is 12.1 Å². The molecular weight excluding hydrogens is 299 g/mol. The van der Waals surface area contributed by atoms with E-state index >= 15 is 0 Å². The van der Waals surface area contributed by atoms with Crippen molar-refractivity contribution in [2.24, 2.45) is 11.3 Å². The molecular formula is C15H18F3NOS. The first-order valence-corrected chi connectivity index (χ1v) is 8.31. The Labute approximate surface area is 124 Å². The molecule has 3 rings (SSSR count). The van der Waals surface area contributed by atoms with Crippen molar-refractivity contribution in [2.45, 2.75) is 36.1 Å². The minimum Gasteiger partial charge on any atom is -0.316 e. The predicted molar refractivity (Wildman–Crippen MR) is 75.3 cm³/mol. The van der Waals surface area contributed by atoms with Crippen molar-refractivity contribution in [1.29, 1.82) is 0 Å². The van der Waals surface area contributed by atoms with E-state index in [-0.39, 0.29) is 4.90 Å². The minimum atomic E-state index is -4.68. The van der Waals surface area contributed by atoms with Crippen molar-refractivity contribution in [2.75, 3.05) is 13.1 Å². The molecule has 2 fully saturated rings. The van der Waals surface area contributed by atoms with Crippen molar-refractivity contribution in [3.63, 3.8) is 0 Å². The van der Waals surface area contributed by atoms with Gasteiger partial charge in [0.05, 0.1) is 0 Å². The Kier molecular flexibility index (Phi) is 3.86. The quantitative estimate of drug-likeness (QED) is 0.927. The first-order chi connectivity index (χ1) is 9.88. The average molecular weight is 317 g/mol. The van der Waals surface area contributed by atoms with Crippen molar-refractivity contribution >= 4 is 10.8 Å². The first kappa shape index (κ1) is 15.0. The molecule has 0 amide bonds. The number of halogens is 3. The highest BCUT2D eigenvalue weighted by atomic mass is 32.2. The molecule has 1 heterocycles. The van der Waals surface area contributed by atoms with E-state index in [2.05, 4.69) is 5.32 Å². The van der Waals surface area contributed by atoms with Crippen LogP contribution < -0.4 is 5.32 Å². The van der Waals surface area contributed by atoms with Gasteiger partial charge >= 0.3 is 5.51 Å². The molecule has 0 aromatic heterocycles. The van der Waals surface area contributed by atoms with Gasteiger partial charge in [-0.05, 0) is 54.7 Å². The van der Waals surface area contributed by atoms with Crippen LogP contribution in [0.25, 0.3) is 0 Å². The number of rotatable bonds is 3. The summed E-state index contributed by atoms with van der Waals surface area (Å²) in [4.78, 5) is -0.169. The van der Waals surface area contributed by atoms with Crippen LogP contribution >= 0.6 is 0 Å². The van der Waals surface area contributed by atoms with Crippen molar-refractivity contribution in [3.05, 3.63) is 29.8 Å². The average Bonchev–Trinajstić information content (AvgIpc) is 2.82. The molecule has 1 saturated carbocycles. The van der Waals surface area contributed by atoms with E-state index in [1.165, 1.54) is 31.4 Å². The number of alkyl halides is 3. The second-order valence-corrected chi connectivity index (χ2v) is 7.75. The van der Waals surface area contributed by atoms with Crippen molar-refractivity contribution in [1.82, 2.24) is 5.32 Å². The maximum Gasteiger partial charge on any atom is 0.475 e. The van der Waals surface area contributed by atoms with E-state index in [9.17, 15) is 17.4 Å². The number of benzene rings is 1. The van der Waals surface area contributed by atoms with Crippen LogP contribution in [0.3, 0.4) is 0 Å². The molecule has 1 aromatic carbocycles. The summed E-state index contributed by atoms with van der Waals surface area (Å²) in [7, 11) is -2.93. The maximum atomic E-state index is 12.4. The summed E-state index contributed by atoms with van der Waals surface area (Å²) >= 11 is 0. The fourth-order valence-corrected chi connectivity index (χ4v) is 4.17. The minimum absolute atomic E-state index is 0.169. The molecule has 1 aliphatic heterocycles. The van der Waals surface area contributed by atoms with Gasteiger partial charge in [-0.25, -0.2) is 4.21 Å². The van der Waals surface area contributed by atoms with Crippen LogP contribution in [0.4, 0.5) is 13.2 Å². The summed E-state index contributed by atoms with van der Waals surface area (Å²) in [6.45, 7) is 2.21. The van der Waals surface area contributed by atoms with E-state index in [1.807, 2.05) is 0 Å². The third-order valence-corrected chi connectivity index (χ3v) is 5.80. The van der Waals surface area contributed by atoms with Crippen LogP contribution in [0.1, 0.15) is 24.8 Å². The summed E-state index contributed by atoms with van der Waals surface area (Å²) in [6.07, 6.45) is 4.55. The van der Waals surface area contributed by atoms with Gasteiger partial charge in [0.25, 0.3) is 0 Å². The molecule has 2 atom stereocenters. The lowest BCUT2D eigenvalue weighted by Crippen LogP contribution is -2.51. The molecule has 2 aliphatic rings. The van der Waals surface area contributed by atoms with Gasteiger partial charge in [0, 0.05) is 18.0 Å². The lowest BCUT2D eigenvalue weighted by molar-refractivity contribution is -0.0384. The Hall–Kier alpha value is -0.880. The molecule has 1 saturated heterocycles. The third kappa shape index (κ3) is 3.16. The summed E-state index contributed by atoms with van der Waals surface area (Å²) in [5.74, 6) is 0.617. The molecule has 1 aromatic rings. The maximum absolute atomic E-state index is 12.4. The highest BCUT2D eigenvalue weighted by Gasteiger charge is 2.43. The van der Waals surface area contributed by atoms with Gasteiger partial charge in [-0.2, -0.15) is 13.2 Å². The SMILES string of the molecule is O=S(c1ccc(C[C@@H]2CCC3(CNC3)C2)cc1)C(F)(F)F. The second-order valence-electron chi connectivity index (χ2n) is 6.27. The summed E-state index contributed by atoms with van der Waals surface area (Å²) in [6, 6.07) is 6.05. The molecule has 1 spiro atoms. The standard InChI is InChI=1S/C15H18F3NOS/c16-15(17,18)21(20)13-3-1-11(2-4-13)7-12-5-6-14(8-12)9-19-10-14/h1-4,12,19H,5-10H2/t12-,21?/m0/s1. The normalized spacial score (nSPS) is 25.8. The van der Waals surface area contributed by atoms with Gasteiger partial charge in [0.2, 0.25) is 0 Å². The largest absolute Gasteiger partial charge is 0.475 e. The molecule has 1 unspecified atom stereocenters. The second kappa shape index (κ2) is 5.39. The number of hydrogen-bond donors (Lipinski definition) is 1. The number of hydrogen-bond acceptors (Lipinski definition) is 2. The molecule has 116 valence electrons. The fraction of sp³-hybridized carbons (Fsp3) is 0.600. The molecule has 1 N–H and O–H groups in total. The fourth-order valence-electron chi connectivity index (χ4n) is 3.52. The van der Waals surface area contributed by atoms with E-state index in [0.29, 0.717) is 11.3 Å². The smallest absolute Gasteiger partial charge is 0.316 e. The zero-order valence-electron chi connectivity index (χ0n) is 11.6. The Balaban J connectivity index is 1.61. The van der Waals surface area contributed by atoms with Crippen LogP contribution in [0.2, 0.25) is 0 Å². The Bertz CT molecular complexity index is 537. The molecule has 6 heteroatoms. The number of nitrogens with one attached hydrogen (secondary N) is 1. The lowest BCUT2D eigenvalue weighted by atomic mass is 9.79. The highest BCUT2D eigenvalue weighted by Crippen LogP contribution is 2.45. The molecule has 2 nitrogen and oxygen atoms in total. The van der Waals surface area contributed by atoms with Crippen LogP contribution in [0, 0.1) is 11.3 Å². The highest BCUT2D eigenvalue weighted by molar-refractivity contribution is 7.86. The van der Waals surface area contributed by atoms with Crippen LogP contribution in [-0.2, 0) is 17.2 Å². The van der Waals surface area contributed by atoms with Crippen LogP contribution in [-0.4, -0.2) is 22.8 Å². The van der Waals surface area contributed by atoms with Crippen LogP contribution in [0.15, 0.2) is 29.2 Å². The zero-order chi connectivity index (χ0) is 15.1. The molecule has 0 radical (unpaired) electrons. The van der Waals surface area contributed by atoms with Gasteiger partial charge in [-0.3, -0.25) is 0 Å². The van der Waals surface area contributed by atoms with Gasteiger partial charge in [-0.15, -0.1) is 0 Å². The Morgan fingerprint density at radius 3 is 2.38 bits per heavy atom. The Morgan fingerprint density at radius 1 is 1.24 bits per heavy atom. The summed E-state index contributed by atoms with van der Waals surface area (Å²) in [5, 5.41) is 3.32. The van der Waals surface area contributed by atoms with Crippen molar-refractivity contribution in [3.8, 4) is 0 Å². The van der Waals surface area contributed by atoms with Crippen molar-refractivity contribution < 1.29 is 17.4 Å². The predicted octanol–water partition coefficient (Wildman–Crippen LogP) is 3.25. The lowest BCUT2D eigenvalue weighted by Gasteiger charge is -2.39. The first-order valence-electron chi connectivity index (χ1n) is 7.16. The molecule has 0 bridgehead atoms. The zero-order valence-corrected chi connectivity index (χ0v) is 12.4. The Morgan fingerprint density at radius 2 is 1.90 bits per heavy atom.